The van der Waals surface area contributed by atoms with Crippen LogP contribution in [0.3, 0.4) is 0 Å². The van der Waals surface area contributed by atoms with E-state index in [0.29, 0.717) is 12.5 Å². The third kappa shape index (κ3) is 3.91. The Bertz CT molecular complexity index is 672. The topological polar surface area (TPSA) is 87.3 Å². The van der Waals surface area contributed by atoms with E-state index in [-0.39, 0.29) is 17.9 Å². The minimum absolute atomic E-state index is 0.0987. The highest BCUT2D eigenvalue weighted by atomic mass is 32.2. The Morgan fingerprint density at radius 3 is 2.57 bits per heavy atom. The maximum absolute atomic E-state index is 12.0. The van der Waals surface area contributed by atoms with Gasteiger partial charge in [-0.25, -0.2) is 18.6 Å². The lowest BCUT2D eigenvalue weighted by atomic mass is 9.72. The first-order valence-corrected chi connectivity index (χ1v) is 9.92. The van der Waals surface area contributed by atoms with E-state index in [4.69, 9.17) is 0 Å². The molecule has 1 heterocycles. The smallest absolute Gasteiger partial charge is 0.237 e. The van der Waals surface area contributed by atoms with Crippen molar-refractivity contribution in [1.29, 1.82) is 0 Å². The van der Waals surface area contributed by atoms with Gasteiger partial charge in [0, 0.05) is 12.5 Å². The summed E-state index contributed by atoms with van der Waals surface area (Å²) in [5, 5.41) is 0. The molecule has 1 amide bonds. The molecular formula is C16H23N3O3S. The van der Waals surface area contributed by atoms with Gasteiger partial charge in [0.1, 0.15) is 0 Å². The van der Waals surface area contributed by atoms with Crippen molar-refractivity contribution in [2.75, 3.05) is 6.26 Å². The molecule has 0 aromatic heterocycles. The second-order valence-electron chi connectivity index (χ2n) is 6.50. The van der Waals surface area contributed by atoms with Crippen LogP contribution in [0.25, 0.3) is 0 Å². The first-order chi connectivity index (χ1) is 10.9. The van der Waals surface area contributed by atoms with Crippen LogP contribution in [-0.4, -0.2) is 20.6 Å². The van der Waals surface area contributed by atoms with Crippen LogP contribution >= 0.6 is 0 Å². The van der Waals surface area contributed by atoms with Gasteiger partial charge in [0.25, 0.3) is 0 Å². The Balaban J connectivity index is 1.72. The first kappa shape index (κ1) is 16.4. The normalized spacial score (nSPS) is 28.0. The van der Waals surface area contributed by atoms with Crippen LogP contribution in [0.4, 0.5) is 0 Å². The van der Waals surface area contributed by atoms with E-state index in [9.17, 15) is 13.2 Å². The van der Waals surface area contributed by atoms with Crippen molar-refractivity contribution in [2.24, 2.45) is 11.8 Å². The fraction of sp³-hybridized carbons (Fsp3) is 0.562. The van der Waals surface area contributed by atoms with Gasteiger partial charge in [-0.1, -0.05) is 37.1 Å². The van der Waals surface area contributed by atoms with Crippen molar-refractivity contribution in [2.45, 2.75) is 38.3 Å². The van der Waals surface area contributed by atoms with E-state index < -0.39 is 10.0 Å². The zero-order valence-corrected chi connectivity index (χ0v) is 14.0. The predicted octanol–water partition coefficient (Wildman–Crippen LogP) is 1.22. The second-order valence-corrected chi connectivity index (χ2v) is 8.33. The van der Waals surface area contributed by atoms with Crippen molar-refractivity contribution >= 4 is 15.9 Å². The lowest BCUT2D eigenvalue weighted by Crippen LogP contribution is -2.55. The van der Waals surface area contributed by atoms with Gasteiger partial charge in [0.05, 0.1) is 12.3 Å². The van der Waals surface area contributed by atoms with Crippen LogP contribution in [0.1, 0.15) is 42.9 Å². The minimum Gasteiger partial charge on any atom is -0.291 e. The van der Waals surface area contributed by atoms with Gasteiger partial charge in [-0.05, 0) is 29.9 Å². The summed E-state index contributed by atoms with van der Waals surface area (Å²) in [5.41, 5.74) is 8.00. The molecule has 1 saturated heterocycles. The van der Waals surface area contributed by atoms with Crippen LogP contribution in [0, 0.1) is 11.8 Å². The van der Waals surface area contributed by atoms with Crippen LogP contribution in [-0.2, 0) is 21.4 Å². The molecule has 2 aliphatic rings. The van der Waals surface area contributed by atoms with E-state index in [1.807, 2.05) is 24.3 Å². The lowest BCUT2D eigenvalue weighted by Gasteiger charge is -2.41. The van der Waals surface area contributed by atoms with Crippen molar-refractivity contribution < 1.29 is 13.2 Å². The summed E-state index contributed by atoms with van der Waals surface area (Å²) in [6, 6.07) is 8.02. The van der Waals surface area contributed by atoms with Gasteiger partial charge >= 0.3 is 0 Å². The van der Waals surface area contributed by atoms with Crippen LogP contribution in [0.15, 0.2) is 24.3 Å². The van der Waals surface area contributed by atoms with Gasteiger partial charge < -0.3 is 0 Å². The third-order valence-electron chi connectivity index (χ3n) is 4.81. The average Bonchev–Trinajstić information content (AvgIpc) is 2.54. The number of hydrogen-bond acceptors (Lipinski definition) is 4. The molecule has 7 heteroatoms. The molecule has 1 aliphatic heterocycles. The Morgan fingerprint density at radius 2 is 1.87 bits per heavy atom. The highest BCUT2D eigenvalue weighted by molar-refractivity contribution is 7.88. The summed E-state index contributed by atoms with van der Waals surface area (Å²) in [5.74, 6) is 0.541. The fourth-order valence-corrected chi connectivity index (χ4v) is 4.05. The predicted molar refractivity (Wildman–Crippen MR) is 87.6 cm³/mol. The van der Waals surface area contributed by atoms with Gasteiger partial charge in [0.15, 0.2) is 0 Å². The molecule has 2 fully saturated rings. The number of carbonyl (C=O) groups is 1. The molecule has 0 spiro atoms. The van der Waals surface area contributed by atoms with E-state index in [1.165, 1.54) is 6.42 Å². The van der Waals surface area contributed by atoms with Gasteiger partial charge in [-0.15, -0.1) is 0 Å². The van der Waals surface area contributed by atoms with E-state index in [1.54, 1.807) is 0 Å². The SMILES string of the molecule is CS(=O)(=O)NCc1ccc(C2NNC(=O)C3CCCCC32)cc1. The zero-order valence-electron chi connectivity index (χ0n) is 13.2. The molecule has 1 aromatic rings. The second kappa shape index (κ2) is 6.59. The Kier molecular flexibility index (Phi) is 4.70. The number of benzene rings is 1. The monoisotopic (exact) mass is 337 g/mol. The van der Waals surface area contributed by atoms with Crippen molar-refractivity contribution in [1.82, 2.24) is 15.6 Å². The highest BCUT2D eigenvalue weighted by Gasteiger charge is 2.40. The van der Waals surface area contributed by atoms with Crippen LogP contribution in [0.2, 0.25) is 0 Å². The molecular weight excluding hydrogens is 314 g/mol. The molecule has 3 atom stereocenters. The number of sulfonamides is 1. The molecule has 1 aliphatic carbocycles. The van der Waals surface area contributed by atoms with Gasteiger partial charge in [0.2, 0.25) is 15.9 Å². The lowest BCUT2D eigenvalue weighted by molar-refractivity contribution is -0.133. The maximum atomic E-state index is 12.0. The number of nitrogens with one attached hydrogen (secondary N) is 3. The van der Waals surface area contributed by atoms with E-state index >= 15 is 0 Å². The van der Waals surface area contributed by atoms with Crippen LogP contribution < -0.4 is 15.6 Å². The summed E-state index contributed by atoms with van der Waals surface area (Å²) >= 11 is 0. The number of fused-ring (bicyclic) bond motifs is 1. The molecule has 1 saturated carbocycles. The summed E-state index contributed by atoms with van der Waals surface area (Å²) < 4.78 is 24.8. The average molecular weight is 337 g/mol. The van der Waals surface area contributed by atoms with Crippen molar-refractivity contribution in [3.05, 3.63) is 35.4 Å². The van der Waals surface area contributed by atoms with Crippen molar-refractivity contribution in [3.8, 4) is 0 Å². The highest BCUT2D eigenvalue weighted by Crippen LogP contribution is 2.40. The molecule has 0 radical (unpaired) electrons. The molecule has 0 bridgehead atoms. The Labute approximate surface area is 137 Å². The quantitative estimate of drug-likeness (QED) is 0.771. The molecule has 1 aromatic carbocycles. The van der Waals surface area contributed by atoms with Gasteiger partial charge in [-0.2, -0.15) is 0 Å². The third-order valence-corrected chi connectivity index (χ3v) is 5.48. The van der Waals surface area contributed by atoms with E-state index in [2.05, 4.69) is 15.6 Å². The number of carbonyl (C=O) groups excluding carboxylic acids is 1. The molecule has 3 rings (SSSR count). The minimum atomic E-state index is -3.18. The molecule has 126 valence electrons. The van der Waals surface area contributed by atoms with Gasteiger partial charge in [-0.3, -0.25) is 10.2 Å². The first-order valence-electron chi connectivity index (χ1n) is 8.03. The number of hydrogen-bond donors (Lipinski definition) is 3. The van der Waals surface area contributed by atoms with E-state index in [0.717, 1.165) is 36.6 Å². The Hall–Kier alpha value is -1.44. The summed E-state index contributed by atoms with van der Waals surface area (Å²) in [7, 11) is -3.18. The van der Waals surface area contributed by atoms with Crippen LogP contribution in [0.5, 0.6) is 0 Å². The summed E-state index contributed by atoms with van der Waals surface area (Å²) in [4.78, 5) is 12.0. The molecule has 3 unspecified atom stereocenters. The molecule has 23 heavy (non-hydrogen) atoms. The Morgan fingerprint density at radius 1 is 1.17 bits per heavy atom. The number of rotatable bonds is 4. The molecule has 6 nitrogen and oxygen atoms in total. The largest absolute Gasteiger partial charge is 0.291 e. The summed E-state index contributed by atoms with van der Waals surface area (Å²) in [6.45, 7) is 0.292. The summed E-state index contributed by atoms with van der Waals surface area (Å²) in [6.07, 6.45) is 5.47. The maximum Gasteiger partial charge on any atom is 0.237 e. The number of hydrazine groups is 1. The van der Waals surface area contributed by atoms with Crippen molar-refractivity contribution in [3.63, 3.8) is 0 Å². The standard InChI is InChI=1S/C16H23N3O3S/c1-23(21,22)17-10-11-6-8-12(9-7-11)15-13-4-2-3-5-14(13)16(20)19-18-15/h6-9,13-15,17-18H,2-5,10H2,1H3,(H,19,20). The zero-order chi connectivity index (χ0) is 16.4. The fourth-order valence-electron chi connectivity index (χ4n) is 3.62. The molecule has 3 N–H and O–H groups in total. The number of amides is 1.